The third-order valence-corrected chi connectivity index (χ3v) is 3.19. The number of hydrogen-bond acceptors (Lipinski definition) is 2. The van der Waals surface area contributed by atoms with Crippen molar-refractivity contribution in [1.82, 2.24) is 0 Å². The highest BCUT2D eigenvalue weighted by molar-refractivity contribution is 6.38. The van der Waals surface area contributed by atoms with Crippen LogP contribution in [0.2, 0.25) is 10.0 Å². The molecule has 2 nitrogen and oxygen atoms in total. The molecule has 1 heterocycles. The number of aliphatic hydroxyl groups is 1. The van der Waals surface area contributed by atoms with Crippen LogP contribution in [0, 0.1) is 5.41 Å². The minimum atomic E-state index is -0.676. The summed E-state index contributed by atoms with van der Waals surface area (Å²) >= 11 is 12.0. The lowest BCUT2D eigenvalue weighted by molar-refractivity contribution is 0.0448. The summed E-state index contributed by atoms with van der Waals surface area (Å²) < 4.78 is 5.60. The Morgan fingerprint density at radius 3 is 2.41 bits per heavy atom. The van der Waals surface area contributed by atoms with E-state index in [-0.39, 0.29) is 5.41 Å². The summed E-state index contributed by atoms with van der Waals surface area (Å²) in [5, 5.41) is 12.0. The lowest BCUT2D eigenvalue weighted by Crippen LogP contribution is -2.16. The molecular weight excluding hydrogens is 259 g/mol. The van der Waals surface area contributed by atoms with Crippen LogP contribution in [0.5, 0.6) is 0 Å². The van der Waals surface area contributed by atoms with Crippen LogP contribution in [0.4, 0.5) is 0 Å². The third kappa shape index (κ3) is 2.44. The molecule has 0 spiro atoms. The van der Waals surface area contributed by atoms with Gasteiger partial charge in [-0.25, -0.2) is 0 Å². The van der Waals surface area contributed by atoms with Crippen molar-refractivity contribution in [2.45, 2.75) is 26.9 Å². The quantitative estimate of drug-likeness (QED) is 0.808. The van der Waals surface area contributed by atoms with Gasteiger partial charge in [-0.05, 0) is 17.5 Å². The van der Waals surface area contributed by atoms with Crippen LogP contribution in [0.15, 0.2) is 22.6 Å². The van der Waals surface area contributed by atoms with E-state index in [2.05, 4.69) is 0 Å². The molecule has 1 unspecified atom stereocenters. The molecule has 0 saturated carbocycles. The predicted molar refractivity (Wildman–Crippen MR) is 70.6 cm³/mol. The van der Waals surface area contributed by atoms with E-state index in [9.17, 15) is 5.11 Å². The first-order chi connectivity index (χ1) is 7.79. The Bertz CT molecular complexity index is 552. The van der Waals surface area contributed by atoms with E-state index < -0.39 is 6.10 Å². The Kier molecular flexibility index (Phi) is 3.15. The van der Waals surface area contributed by atoms with Gasteiger partial charge < -0.3 is 9.52 Å². The monoisotopic (exact) mass is 272 g/mol. The highest BCUT2D eigenvalue weighted by atomic mass is 35.5. The van der Waals surface area contributed by atoms with E-state index in [1.165, 1.54) is 0 Å². The van der Waals surface area contributed by atoms with Gasteiger partial charge in [0.25, 0.3) is 0 Å². The number of halogens is 2. The molecule has 1 aromatic carbocycles. The average Bonchev–Trinajstić information content (AvgIpc) is 2.58. The Hall–Kier alpha value is -0.700. The van der Waals surface area contributed by atoms with E-state index >= 15 is 0 Å². The molecule has 0 amide bonds. The average molecular weight is 273 g/mol. The van der Waals surface area contributed by atoms with Gasteiger partial charge in [-0.3, -0.25) is 0 Å². The largest absolute Gasteiger partial charge is 0.458 e. The van der Waals surface area contributed by atoms with Gasteiger partial charge in [0, 0.05) is 16.5 Å². The smallest absolute Gasteiger partial charge is 0.137 e. The van der Waals surface area contributed by atoms with Crippen molar-refractivity contribution in [2.24, 2.45) is 5.41 Å². The molecular formula is C13H14Cl2O2. The second-order valence-corrected chi connectivity index (χ2v) is 6.06. The van der Waals surface area contributed by atoms with Crippen LogP contribution in [0.1, 0.15) is 32.6 Å². The molecule has 0 aliphatic rings. The Labute approximate surface area is 110 Å². The van der Waals surface area contributed by atoms with Crippen LogP contribution in [-0.4, -0.2) is 5.11 Å². The van der Waals surface area contributed by atoms with Crippen LogP contribution < -0.4 is 0 Å². The van der Waals surface area contributed by atoms with Crippen molar-refractivity contribution in [3.63, 3.8) is 0 Å². The van der Waals surface area contributed by atoms with Gasteiger partial charge in [-0.2, -0.15) is 0 Å². The van der Waals surface area contributed by atoms with Crippen LogP contribution >= 0.6 is 23.2 Å². The van der Waals surface area contributed by atoms with E-state index in [0.29, 0.717) is 21.4 Å². The molecule has 0 bridgehead atoms. The molecule has 1 aromatic heterocycles. The summed E-state index contributed by atoms with van der Waals surface area (Å²) in [6.45, 7) is 5.83. The van der Waals surface area contributed by atoms with E-state index in [1.807, 2.05) is 20.8 Å². The van der Waals surface area contributed by atoms with Crippen molar-refractivity contribution in [3.05, 3.63) is 34.0 Å². The summed E-state index contributed by atoms with van der Waals surface area (Å²) in [5.41, 5.74) is 0.310. The zero-order valence-electron chi connectivity index (χ0n) is 9.92. The Balaban J connectivity index is 2.56. The van der Waals surface area contributed by atoms with Crippen LogP contribution in [-0.2, 0) is 0 Å². The molecule has 2 rings (SSSR count). The number of fused-ring (bicyclic) bond motifs is 1. The minimum absolute atomic E-state index is 0.288. The Morgan fingerprint density at radius 2 is 1.82 bits per heavy atom. The topological polar surface area (TPSA) is 33.4 Å². The lowest BCUT2D eigenvalue weighted by atomic mass is 9.88. The van der Waals surface area contributed by atoms with Crippen molar-refractivity contribution in [1.29, 1.82) is 0 Å². The first kappa shape index (κ1) is 12.7. The summed E-state index contributed by atoms with van der Waals surface area (Å²) in [6, 6.07) is 5.12. The summed E-state index contributed by atoms with van der Waals surface area (Å²) in [6.07, 6.45) is -0.676. The lowest BCUT2D eigenvalue weighted by Gasteiger charge is -2.23. The summed E-state index contributed by atoms with van der Waals surface area (Å²) in [7, 11) is 0. The fraction of sp³-hybridized carbons (Fsp3) is 0.385. The molecule has 17 heavy (non-hydrogen) atoms. The highest BCUT2D eigenvalue weighted by Gasteiger charge is 2.27. The molecule has 0 aliphatic carbocycles. The van der Waals surface area contributed by atoms with Crippen molar-refractivity contribution in [2.75, 3.05) is 0 Å². The highest BCUT2D eigenvalue weighted by Crippen LogP contribution is 2.38. The van der Waals surface area contributed by atoms with Crippen molar-refractivity contribution in [3.8, 4) is 0 Å². The number of furan rings is 1. The molecule has 0 radical (unpaired) electrons. The second-order valence-electron chi connectivity index (χ2n) is 5.22. The number of aliphatic hydroxyl groups excluding tert-OH is 1. The van der Waals surface area contributed by atoms with Gasteiger partial charge in [-0.15, -0.1) is 0 Å². The molecule has 0 aliphatic heterocycles. The standard InChI is InChI=1S/C13H14Cl2O2/c1-13(2,3)12(16)11-6-8-9(15)4-7(14)5-10(8)17-11/h4-6,12,16H,1-3H3. The molecule has 1 atom stereocenters. The fourth-order valence-electron chi connectivity index (χ4n) is 1.65. The fourth-order valence-corrected chi connectivity index (χ4v) is 2.18. The number of rotatable bonds is 1. The van der Waals surface area contributed by atoms with Crippen molar-refractivity contribution < 1.29 is 9.52 Å². The summed E-state index contributed by atoms with van der Waals surface area (Å²) in [5.74, 6) is 0.511. The van der Waals surface area contributed by atoms with Gasteiger partial charge >= 0.3 is 0 Å². The normalized spacial score (nSPS) is 14.2. The van der Waals surface area contributed by atoms with E-state index in [4.69, 9.17) is 27.6 Å². The van der Waals surface area contributed by atoms with Crippen LogP contribution in [0.25, 0.3) is 11.0 Å². The van der Waals surface area contributed by atoms with E-state index in [0.717, 1.165) is 5.39 Å². The van der Waals surface area contributed by atoms with Crippen LogP contribution in [0.3, 0.4) is 0 Å². The van der Waals surface area contributed by atoms with Gasteiger partial charge in [0.15, 0.2) is 0 Å². The second kappa shape index (κ2) is 4.20. The SMILES string of the molecule is CC(C)(C)C(O)c1cc2c(Cl)cc(Cl)cc2o1. The maximum absolute atomic E-state index is 10.1. The predicted octanol–water partition coefficient (Wildman–Crippen LogP) is 4.82. The molecule has 0 saturated heterocycles. The van der Waals surface area contributed by atoms with Gasteiger partial charge in [-0.1, -0.05) is 44.0 Å². The van der Waals surface area contributed by atoms with Gasteiger partial charge in [0.1, 0.15) is 17.4 Å². The zero-order valence-corrected chi connectivity index (χ0v) is 11.4. The molecule has 92 valence electrons. The molecule has 1 N–H and O–H groups in total. The van der Waals surface area contributed by atoms with Crippen molar-refractivity contribution >= 4 is 34.2 Å². The maximum atomic E-state index is 10.1. The first-order valence-corrected chi connectivity index (χ1v) is 6.11. The first-order valence-electron chi connectivity index (χ1n) is 5.35. The molecule has 4 heteroatoms. The maximum Gasteiger partial charge on any atom is 0.137 e. The van der Waals surface area contributed by atoms with Gasteiger partial charge in [0.05, 0.1) is 5.02 Å². The number of benzene rings is 1. The summed E-state index contributed by atoms with van der Waals surface area (Å²) in [4.78, 5) is 0. The molecule has 2 aromatic rings. The number of hydrogen-bond donors (Lipinski definition) is 1. The third-order valence-electron chi connectivity index (χ3n) is 2.66. The van der Waals surface area contributed by atoms with E-state index in [1.54, 1.807) is 18.2 Å². The molecule has 0 fully saturated rings. The Morgan fingerprint density at radius 1 is 1.18 bits per heavy atom. The van der Waals surface area contributed by atoms with Gasteiger partial charge in [0.2, 0.25) is 0 Å². The minimum Gasteiger partial charge on any atom is -0.458 e. The zero-order chi connectivity index (χ0) is 12.8.